The molecule has 0 spiro atoms. The number of methoxy groups -OCH3 is 1. The molecule has 1 aliphatic rings. The number of aliphatic hydroxyl groups is 1. The topological polar surface area (TPSA) is 57.2 Å². The molecule has 18 heavy (non-hydrogen) atoms. The molecular weight excluding hydrogens is 236 g/mol. The van der Waals surface area contributed by atoms with Crippen molar-refractivity contribution in [1.82, 2.24) is 0 Å². The number of ether oxygens (including phenoxy) is 4. The molecular formula is C13H26O5. The maximum absolute atomic E-state index is 9.08. The van der Waals surface area contributed by atoms with E-state index in [4.69, 9.17) is 24.1 Å². The predicted octanol–water partition coefficient (Wildman–Crippen LogP) is 1.68. The lowest BCUT2D eigenvalue weighted by Crippen LogP contribution is -2.23. The molecule has 0 aliphatic carbocycles. The van der Waals surface area contributed by atoms with Crippen molar-refractivity contribution in [2.75, 3.05) is 33.7 Å². The molecule has 1 saturated heterocycles. The summed E-state index contributed by atoms with van der Waals surface area (Å²) in [6.07, 6.45) is 5.99. The summed E-state index contributed by atoms with van der Waals surface area (Å²) in [6.45, 7) is 1.81. The molecule has 0 aromatic carbocycles. The van der Waals surface area contributed by atoms with Crippen molar-refractivity contribution in [2.45, 2.75) is 50.9 Å². The van der Waals surface area contributed by atoms with Gasteiger partial charge in [-0.1, -0.05) is 0 Å². The monoisotopic (exact) mass is 262 g/mol. The first-order chi connectivity index (χ1) is 8.86. The molecule has 5 nitrogen and oxygen atoms in total. The van der Waals surface area contributed by atoms with Crippen molar-refractivity contribution in [2.24, 2.45) is 0 Å². The standard InChI is InChI=1S/C13H26O5/c1-15-11-18-12(10-14)6-2-4-8-16-13-7-3-5-9-17-13/h12-14H,2-11H2,1H3/t12-,13?/m1/s1. The first-order valence-corrected chi connectivity index (χ1v) is 6.81. The summed E-state index contributed by atoms with van der Waals surface area (Å²) < 4.78 is 21.2. The Bertz CT molecular complexity index is 182. The summed E-state index contributed by atoms with van der Waals surface area (Å²) in [4.78, 5) is 0. The Labute approximate surface area is 109 Å². The molecule has 1 aliphatic heterocycles. The number of rotatable bonds is 10. The molecule has 1 unspecified atom stereocenters. The molecule has 0 aromatic heterocycles. The van der Waals surface area contributed by atoms with Crippen LogP contribution >= 0.6 is 0 Å². The minimum atomic E-state index is -0.129. The van der Waals surface area contributed by atoms with Crippen LogP contribution in [0, 0.1) is 0 Å². The van der Waals surface area contributed by atoms with E-state index in [0.717, 1.165) is 38.7 Å². The first kappa shape index (κ1) is 15.9. The Morgan fingerprint density at radius 3 is 2.89 bits per heavy atom. The normalized spacial score (nSPS) is 22.0. The molecule has 0 aromatic rings. The van der Waals surface area contributed by atoms with Crippen LogP contribution in [0.1, 0.15) is 38.5 Å². The molecule has 5 heteroatoms. The molecule has 1 N–H and O–H groups in total. The van der Waals surface area contributed by atoms with Gasteiger partial charge in [-0.15, -0.1) is 0 Å². The van der Waals surface area contributed by atoms with E-state index in [0.29, 0.717) is 6.61 Å². The third-order valence-electron chi connectivity index (χ3n) is 2.99. The van der Waals surface area contributed by atoms with Gasteiger partial charge in [0.05, 0.1) is 12.7 Å². The van der Waals surface area contributed by atoms with Gasteiger partial charge in [0.15, 0.2) is 6.29 Å². The molecule has 1 rings (SSSR count). The Morgan fingerprint density at radius 2 is 2.22 bits per heavy atom. The summed E-state index contributed by atoms with van der Waals surface area (Å²) in [7, 11) is 1.58. The molecule has 0 amide bonds. The number of unbranched alkanes of at least 4 members (excludes halogenated alkanes) is 1. The largest absolute Gasteiger partial charge is 0.394 e. The highest BCUT2D eigenvalue weighted by Gasteiger charge is 2.13. The second-order valence-electron chi connectivity index (χ2n) is 4.54. The molecule has 1 fully saturated rings. The summed E-state index contributed by atoms with van der Waals surface area (Å²) in [5.41, 5.74) is 0. The van der Waals surface area contributed by atoms with Gasteiger partial charge in [-0.2, -0.15) is 0 Å². The lowest BCUT2D eigenvalue weighted by atomic mass is 10.1. The quantitative estimate of drug-likeness (QED) is 0.479. The van der Waals surface area contributed by atoms with Crippen molar-refractivity contribution in [3.8, 4) is 0 Å². The summed E-state index contributed by atoms with van der Waals surface area (Å²) in [5.74, 6) is 0. The fourth-order valence-electron chi connectivity index (χ4n) is 1.92. The van der Waals surface area contributed by atoms with Gasteiger partial charge in [0, 0.05) is 20.3 Å². The second-order valence-corrected chi connectivity index (χ2v) is 4.54. The van der Waals surface area contributed by atoms with E-state index < -0.39 is 0 Å². The van der Waals surface area contributed by atoms with Crippen LogP contribution < -0.4 is 0 Å². The maximum atomic E-state index is 9.08. The maximum Gasteiger partial charge on any atom is 0.157 e. The predicted molar refractivity (Wildman–Crippen MR) is 67.2 cm³/mol. The fourth-order valence-corrected chi connectivity index (χ4v) is 1.92. The lowest BCUT2D eigenvalue weighted by Gasteiger charge is -2.22. The van der Waals surface area contributed by atoms with Crippen LogP contribution in [0.5, 0.6) is 0 Å². The van der Waals surface area contributed by atoms with Crippen molar-refractivity contribution in [3.05, 3.63) is 0 Å². The number of aliphatic hydroxyl groups excluding tert-OH is 1. The Balaban J connectivity index is 1.93. The number of hydrogen-bond donors (Lipinski definition) is 1. The average molecular weight is 262 g/mol. The molecule has 0 bridgehead atoms. The van der Waals surface area contributed by atoms with Gasteiger partial charge in [-0.25, -0.2) is 0 Å². The van der Waals surface area contributed by atoms with Gasteiger partial charge in [-0.3, -0.25) is 0 Å². The van der Waals surface area contributed by atoms with Gasteiger partial charge < -0.3 is 24.1 Å². The van der Waals surface area contributed by atoms with Gasteiger partial charge in [0.1, 0.15) is 6.79 Å². The van der Waals surface area contributed by atoms with Crippen LogP contribution in [0.2, 0.25) is 0 Å². The van der Waals surface area contributed by atoms with Crippen LogP contribution in [-0.2, 0) is 18.9 Å². The summed E-state index contributed by atoms with van der Waals surface area (Å²) >= 11 is 0. The third kappa shape index (κ3) is 7.28. The van der Waals surface area contributed by atoms with Crippen molar-refractivity contribution < 1.29 is 24.1 Å². The van der Waals surface area contributed by atoms with Crippen molar-refractivity contribution in [3.63, 3.8) is 0 Å². The van der Waals surface area contributed by atoms with Crippen LogP contribution in [0.25, 0.3) is 0 Å². The van der Waals surface area contributed by atoms with Crippen LogP contribution in [-0.4, -0.2) is 51.2 Å². The smallest absolute Gasteiger partial charge is 0.157 e. The highest BCUT2D eigenvalue weighted by molar-refractivity contribution is 4.57. The van der Waals surface area contributed by atoms with Gasteiger partial charge in [0.25, 0.3) is 0 Å². The highest BCUT2D eigenvalue weighted by Crippen LogP contribution is 2.14. The first-order valence-electron chi connectivity index (χ1n) is 6.81. The van der Waals surface area contributed by atoms with Crippen LogP contribution in [0.3, 0.4) is 0 Å². The minimum Gasteiger partial charge on any atom is -0.394 e. The van der Waals surface area contributed by atoms with E-state index in [1.807, 2.05) is 0 Å². The van der Waals surface area contributed by atoms with E-state index in [9.17, 15) is 0 Å². The lowest BCUT2D eigenvalue weighted by molar-refractivity contribution is -0.163. The van der Waals surface area contributed by atoms with E-state index in [-0.39, 0.29) is 25.8 Å². The summed E-state index contributed by atoms with van der Waals surface area (Å²) in [6, 6.07) is 0. The van der Waals surface area contributed by atoms with Crippen molar-refractivity contribution >= 4 is 0 Å². The minimum absolute atomic E-state index is 0.00266. The zero-order chi connectivity index (χ0) is 13.1. The number of hydrogen-bond acceptors (Lipinski definition) is 5. The van der Waals surface area contributed by atoms with E-state index in [1.165, 1.54) is 6.42 Å². The zero-order valence-corrected chi connectivity index (χ0v) is 11.3. The molecule has 1 heterocycles. The highest BCUT2D eigenvalue weighted by atomic mass is 16.7. The zero-order valence-electron chi connectivity index (χ0n) is 11.3. The van der Waals surface area contributed by atoms with E-state index >= 15 is 0 Å². The van der Waals surface area contributed by atoms with Crippen LogP contribution in [0.15, 0.2) is 0 Å². The molecule has 2 atom stereocenters. The third-order valence-corrected chi connectivity index (χ3v) is 2.99. The van der Waals surface area contributed by atoms with Crippen molar-refractivity contribution in [1.29, 1.82) is 0 Å². The Hall–Kier alpha value is -0.200. The summed E-state index contributed by atoms with van der Waals surface area (Å²) in [5, 5.41) is 9.08. The van der Waals surface area contributed by atoms with Gasteiger partial charge in [-0.05, 0) is 38.5 Å². The molecule has 0 saturated carbocycles. The average Bonchev–Trinajstić information content (AvgIpc) is 2.43. The van der Waals surface area contributed by atoms with Gasteiger partial charge >= 0.3 is 0 Å². The van der Waals surface area contributed by atoms with E-state index in [2.05, 4.69) is 0 Å². The fraction of sp³-hybridized carbons (Fsp3) is 1.00. The SMILES string of the molecule is COCO[C@@H](CO)CCCCOC1CCCCO1. The Kier molecular flexibility index (Phi) is 9.42. The second kappa shape index (κ2) is 10.7. The van der Waals surface area contributed by atoms with Gasteiger partial charge in [0.2, 0.25) is 0 Å². The Morgan fingerprint density at radius 1 is 1.33 bits per heavy atom. The van der Waals surface area contributed by atoms with Crippen LogP contribution in [0.4, 0.5) is 0 Å². The molecule has 0 radical (unpaired) electrons. The van der Waals surface area contributed by atoms with E-state index in [1.54, 1.807) is 7.11 Å². The molecule has 108 valence electrons.